The van der Waals surface area contributed by atoms with Crippen LogP contribution in [-0.2, 0) is 12.8 Å². The molecule has 0 radical (unpaired) electrons. The first-order valence-electron chi connectivity index (χ1n) is 10.3. The van der Waals surface area contributed by atoms with E-state index in [-0.39, 0.29) is 5.91 Å². The largest absolute Gasteiger partial charge is 0.321 e. The predicted molar refractivity (Wildman–Crippen MR) is 135 cm³/mol. The minimum absolute atomic E-state index is 0.296. The summed E-state index contributed by atoms with van der Waals surface area (Å²) < 4.78 is 1.74. The van der Waals surface area contributed by atoms with Crippen LogP contribution in [0, 0.1) is 0 Å². The van der Waals surface area contributed by atoms with Crippen molar-refractivity contribution in [2.24, 2.45) is 0 Å². The molecular formula is C25H17Cl4N3O. The van der Waals surface area contributed by atoms with E-state index in [2.05, 4.69) is 5.32 Å². The van der Waals surface area contributed by atoms with Gasteiger partial charge in [-0.25, -0.2) is 4.68 Å². The third-order valence-corrected chi connectivity index (χ3v) is 6.66. The Kier molecular flexibility index (Phi) is 6.11. The van der Waals surface area contributed by atoms with Crippen molar-refractivity contribution in [3.05, 3.63) is 97.6 Å². The van der Waals surface area contributed by atoms with E-state index >= 15 is 0 Å². The summed E-state index contributed by atoms with van der Waals surface area (Å²) in [5, 5.41) is 9.91. The number of hydrogen-bond acceptors (Lipinski definition) is 2. The minimum atomic E-state index is -0.296. The molecule has 1 aliphatic rings. The Bertz CT molecular complexity index is 1380. The van der Waals surface area contributed by atoms with Crippen LogP contribution in [0.3, 0.4) is 0 Å². The molecule has 4 nitrogen and oxygen atoms in total. The lowest BCUT2D eigenvalue weighted by Crippen LogP contribution is -2.15. The van der Waals surface area contributed by atoms with Crippen molar-refractivity contribution in [2.75, 3.05) is 5.32 Å². The molecule has 33 heavy (non-hydrogen) atoms. The van der Waals surface area contributed by atoms with Crippen LogP contribution in [0.5, 0.6) is 0 Å². The van der Waals surface area contributed by atoms with Gasteiger partial charge in [-0.3, -0.25) is 4.79 Å². The molecule has 1 amide bonds. The van der Waals surface area contributed by atoms with Crippen LogP contribution in [0.25, 0.3) is 16.9 Å². The normalized spacial score (nSPS) is 12.6. The van der Waals surface area contributed by atoms with Gasteiger partial charge in [0.25, 0.3) is 5.91 Å². The van der Waals surface area contributed by atoms with Gasteiger partial charge in [0, 0.05) is 31.9 Å². The summed E-state index contributed by atoms with van der Waals surface area (Å²) in [6.07, 6.45) is 2.40. The zero-order valence-electron chi connectivity index (χ0n) is 17.2. The van der Waals surface area contributed by atoms with Crippen LogP contribution in [0.4, 0.5) is 5.69 Å². The second-order valence-corrected chi connectivity index (χ2v) is 9.52. The monoisotopic (exact) mass is 515 g/mol. The van der Waals surface area contributed by atoms with Gasteiger partial charge in [-0.15, -0.1) is 0 Å². The molecule has 0 saturated carbocycles. The van der Waals surface area contributed by atoms with Gasteiger partial charge in [-0.1, -0.05) is 52.5 Å². The van der Waals surface area contributed by atoms with Crippen LogP contribution in [0.2, 0.25) is 20.1 Å². The first-order chi connectivity index (χ1) is 15.9. The Balaban J connectivity index is 1.70. The Hall–Kier alpha value is -2.50. The molecule has 0 atom stereocenters. The Morgan fingerprint density at radius 1 is 0.848 bits per heavy atom. The standard InChI is InChI=1S/C25H17Cl4N3O/c26-15-4-8-18(9-5-15)30-25(33)23-20-3-1-2-14-12-16(27)6-10-19(14)24(20)32(31-23)22-11-7-17(28)13-21(22)29/h4-13H,1-3H2,(H,30,33). The first kappa shape index (κ1) is 22.3. The van der Waals surface area contributed by atoms with E-state index in [1.807, 2.05) is 18.2 Å². The van der Waals surface area contributed by atoms with E-state index in [0.717, 1.165) is 35.2 Å². The molecule has 0 unspecified atom stereocenters. The van der Waals surface area contributed by atoms with E-state index in [1.165, 1.54) is 0 Å². The van der Waals surface area contributed by atoms with Crippen LogP contribution < -0.4 is 5.32 Å². The molecule has 3 aromatic carbocycles. The molecule has 8 heteroatoms. The Morgan fingerprint density at radius 3 is 2.30 bits per heavy atom. The number of benzene rings is 3. The smallest absolute Gasteiger partial charge is 0.276 e. The summed E-state index contributed by atoms with van der Waals surface area (Å²) in [7, 11) is 0. The van der Waals surface area contributed by atoms with Crippen molar-refractivity contribution in [1.29, 1.82) is 0 Å². The van der Waals surface area contributed by atoms with Gasteiger partial charge in [0.1, 0.15) is 0 Å². The number of aromatic nitrogens is 2. The van der Waals surface area contributed by atoms with Gasteiger partial charge in [0.2, 0.25) is 0 Å². The van der Waals surface area contributed by atoms with E-state index in [9.17, 15) is 4.79 Å². The summed E-state index contributed by atoms with van der Waals surface area (Å²) in [4.78, 5) is 13.3. The van der Waals surface area contributed by atoms with Crippen molar-refractivity contribution in [3.8, 4) is 16.9 Å². The number of hydrogen-bond donors (Lipinski definition) is 1. The molecule has 1 N–H and O–H groups in total. The number of rotatable bonds is 3. The van der Waals surface area contributed by atoms with Crippen LogP contribution >= 0.6 is 46.4 Å². The lowest BCUT2D eigenvalue weighted by Gasteiger charge is -2.13. The van der Waals surface area contributed by atoms with Crippen LogP contribution in [0.1, 0.15) is 28.0 Å². The maximum atomic E-state index is 13.3. The van der Waals surface area contributed by atoms with Crippen molar-refractivity contribution in [3.63, 3.8) is 0 Å². The average molecular weight is 517 g/mol. The number of aryl methyl sites for hydroxylation is 1. The second kappa shape index (κ2) is 9.03. The van der Waals surface area contributed by atoms with Gasteiger partial charge < -0.3 is 5.32 Å². The van der Waals surface area contributed by atoms with E-state index in [1.54, 1.807) is 47.1 Å². The minimum Gasteiger partial charge on any atom is -0.321 e. The lowest BCUT2D eigenvalue weighted by molar-refractivity contribution is 0.102. The molecule has 1 heterocycles. The molecule has 0 saturated heterocycles. The fourth-order valence-corrected chi connectivity index (χ4v) is 4.96. The number of amides is 1. The maximum absolute atomic E-state index is 13.3. The molecule has 0 bridgehead atoms. The lowest BCUT2D eigenvalue weighted by atomic mass is 10.0. The number of fused-ring (bicyclic) bond motifs is 3. The Morgan fingerprint density at radius 2 is 1.55 bits per heavy atom. The zero-order chi connectivity index (χ0) is 23.1. The zero-order valence-corrected chi connectivity index (χ0v) is 20.2. The fourth-order valence-electron chi connectivity index (χ4n) is 4.15. The molecule has 166 valence electrons. The molecule has 0 spiro atoms. The first-order valence-corrected chi connectivity index (χ1v) is 11.8. The summed E-state index contributed by atoms with van der Waals surface area (Å²) in [5.74, 6) is -0.296. The highest BCUT2D eigenvalue weighted by Crippen LogP contribution is 2.39. The number of carbonyl (C=O) groups is 1. The SMILES string of the molecule is O=C(Nc1ccc(Cl)cc1)c1nn(-c2ccc(Cl)cc2Cl)c2c1CCCc1cc(Cl)ccc1-2. The highest BCUT2D eigenvalue weighted by Gasteiger charge is 2.28. The van der Waals surface area contributed by atoms with E-state index in [4.69, 9.17) is 51.5 Å². The van der Waals surface area contributed by atoms with Gasteiger partial charge in [0.05, 0.1) is 16.4 Å². The van der Waals surface area contributed by atoms with Gasteiger partial charge >= 0.3 is 0 Å². The molecule has 1 aliphatic carbocycles. The fraction of sp³-hybridized carbons (Fsp3) is 0.120. The topological polar surface area (TPSA) is 46.9 Å². The summed E-state index contributed by atoms with van der Waals surface area (Å²) >= 11 is 24.9. The number of halogens is 4. The van der Waals surface area contributed by atoms with E-state index < -0.39 is 0 Å². The summed E-state index contributed by atoms with van der Waals surface area (Å²) in [6.45, 7) is 0. The van der Waals surface area contributed by atoms with Crippen molar-refractivity contribution in [2.45, 2.75) is 19.3 Å². The van der Waals surface area contributed by atoms with Crippen LogP contribution in [-0.4, -0.2) is 15.7 Å². The van der Waals surface area contributed by atoms with Gasteiger partial charge in [-0.2, -0.15) is 5.10 Å². The summed E-state index contributed by atoms with van der Waals surface area (Å²) in [6, 6.07) is 18.0. The summed E-state index contributed by atoms with van der Waals surface area (Å²) in [5.41, 5.74) is 5.43. The number of anilines is 1. The molecular weight excluding hydrogens is 500 g/mol. The number of carbonyl (C=O) groups excluding carboxylic acids is 1. The molecule has 5 rings (SSSR count). The molecule has 1 aromatic heterocycles. The van der Waals surface area contributed by atoms with Crippen molar-refractivity contribution >= 4 is 58.0 Å². The number of nitrogens with one attached hydrogen (secondary N) is 1. The maximum Gasteiger partial charge on any atom is 0.276 e. The highest BCUT2D eigenvalue weighted by atomic mass is 35.5. The number of nitrogens with zero attached hydrogens (tertiary/aromatic N) is 2. The highest BCUT2D eigenvalue weighted by molar-refractivity contribution is 6.35. The molecule has 4 aromatic rings. The Labute approximate surface area is 211 Å². The van der Waals surface area contributed by atoms with Gasteiger partial charge in [0.15, 0.2) is 5.69 Å². The van der Waals surface area contributed by atoms with Gasteiger partial charge in [-0.05, 0) is 79.4 Å². The third-order valence-electron chi connectivity index (χ3n) is 5.63. The molecule has 0 aliphatic heterocycles. The average Bonchev–Trinajstić information content (AvgIpc) is 3.04. The molecule has 0 fully saturated rings. The predicted octanol–water partition coefficient (Wildman–Crippen LogP) is 7.89. The van der Waals surface area contributed by atoms with Crippen molar-refractivity contribution < 1.29 is 4.79 Å². The third kappa shape index (κ3) is 4.36. The van der Waals surface area contributed by atoms with Crippen molar-refractivity contribution in [1.82, 2.24) is 9.78 Å². The quantitative estimate of drug-likeness (QED) is 0.301. The van der Waals surface area contributed by atoms with E-state index in [0.29, 0.717) is 43.6 Å². The van der Waals surface area contributed by atoms with Crippen LogP contribution in [0.15, 0.2) is 60.7 Å². The second-order valence-electron chi connectivity index (χ2n) is 7.80.